The zero-order valence-electron chi connectivity index (χ0n) is 18.3. The first kappa shape index (κ1) is 22.7. The molecule has 0 fully saturated rings. The van der Waals surface area contributed by atoms with Crippen molar-refractivity contribution in [3.05, 3.63) is 94.5 Å². The van der Waals surface area contributed by atoms with E-state index in [4.69, 9.17) is 0 Å². The lowest BCUT2D eigenvalue weighted by Gasteiger charge is -2.23. The van der Waals surface area contributed by atoms with Gasteiger partial charge in [0, 0.05) is 12.2 Å². The van der Waals surface area contributed by atoms with E-state index in [9.17, 15) is 13.2 Å². The van der Waals surface area contributed by atoms with Gasteiger partial charge in [-0.15, -0.1) is 0 Å². The van der Waals surface area contributed by atoms with Crippen LogP contribution < -0.4 is 5.32 Å². The second-order valence-electron chi connectivity index (χ2n) is 7.89. The van der Waals surface area contributed by atoms with Gasteiger partial charge in [0.15, 0.2) is 0 Å². The lowest BCUT2D eigenvalue weighted by Crippen LogP contribution is -2.38. The summed E-state index contributed by atoms with van der Waals surface area (Å²) in [5, 5.41) is 2.87. The molecule has 0 radical (unpaired) electrons. The number of nitrogens with one attached hydrogen (secondary N) is 1. The Kier molecular flexibility index (Phi) is 6.93. The quantitative estimate of drug-likeness (QED) is 0.581. The van der Waals surface area contributed by atoms with Gasteiger partial charge in [-0.25, -0.2) is 8.42 Å². The number of sulfonamides is 1. The van der Waals surface area contributed by atoms with Crippen molar-refractivity contribution in [2.45, 2.75) is 39.1 Å². The van der Waals surface area contributed by atoms with Crippen LogP contribution in [0, 0.1) is 27.7 Å². The first-order valence-corrected chi connectivity index (χ1v) is 11.6. The molecule has 1 N–H and O–H groups in total. The van der Waals surface area contributed by atoms with Gasteiger partial charge in [0.2, 0.25) is 15.9 Å². The van der Waals surface area contributed by atoms with Gasteiger partial charge in [-0.05, 0) is 67.6 Å². The monoisotopic (exact) mass is 436 g/mol. The molecule has 5 nitrogen and oxygen atoms in total. The van der Waals surface area contributed by atoms with Gasteiger partial charge in [0.1, 0.15) is 0 Å². The van der Waals surface area contributed by atoms with Crippen molar-refractivity contribution in [3.63, 3.8) is 0 Å². The molecule has 0 unspecified atom stereocenters. The number of carbonyl (C=O) groups is 1. The van der Waals surface area contributed by atoms with Crippen molar-refractivity contribution in [2.75, 3.05) is 11.9 Å². The summed E-state index contributed by atoms with van der Waals surface area (Å²) in [6.45, 7) is 7.30. The number of nitrogens with zero attached hydrogens (tertiary/aromatic N) is 1. The summed E-state index contributed by atoms with van der Waals surface area (Å²) in [6.07, 6.45) is 0. The van der Waals surface area contributed by atoms with Crippen LogP contribution in [0.5, 0.6) is 0 Å². The van der Waals surface area contributed by atoms with Crippen LogP contribution in [-0.4, -0.2) is 25.2 Å². The summed E-state index contributed by atoms with van der Waals surface area (Å²) in [5.74, 6) is -0.376. The largest absolute Gasteiger partial charge is 0.325 e. The molecule has 6 heteroatoms. The molecule has 0 saturated carbocycles. The average Bonchev–Trinajstić information content (AvgIpc) is 2.72. The lowest BCUT2D eigenvalue weighted by molar-refractivity contribution is -0.116. The Morgan fingerprint density at radius 1 is 0.839 bits per heavy atom. The zero-order valence-corrected chi connectivity index (χ0v) is 19.2. The van der Waals surface area contributed by atoms with E-state index < -0.39 is 10.0 Å². The molecule has 162 valence electrons. The zero-order chi connectivity index (χ0) is 22.6. The van der Waals surface area contributed by atoms with E-state index in [0.717, 1.165) is 22.3 Å². The highest BCUT2D eigenvalue weighted by molar-refractivity contribution is 7.89. The third kappa shape index (κ3) is 5.60. The van der Waals surface area contributed by atoms with Crippen molar-refractivity contribution in [1.29, 1.82) is 0 Å². The molecule has 1 amide bonds. The minimum absolute atomic E-state index is 0.108. The predicted octanol–water partition coefficient (Wildman–Crippen LogP) is 4.75. The molecule has 31 heavy (non-hydrogen) atoms. The molecular weight excluding hydrogens is 408 g/mol. The van der Waals surface area contributed by atoms with Crippen LogP contribution in [0.25, 0.3) is 0 Å². The van der Waals surface area contributed by atoms with E-state index in [1.165, 1.54) is 4.31 Å². The summed E-state index contributed by atoms with van der Waals surface area (Å²) in [5.41, 5.74) is 4.95. The van der Waals surface area contributed by atoms with Crippen molar-refractivity contribution in [1.82, 2.24) is 4.31 Å². The second-order valence-corrected chi connectivity index (χ2v) is 9.80. The van der Waals surface area contributed by atoms with Gasteiger partial charge in [-0.3, -0.25) is 4.79 Å². The van der Waals surface area contributed by atoms with Crippen molar-refractivity contribution in [2.24, 2.45) is 0 Å². The smallest absolute Gasteiger partial charge is 0.244 e. The predicted molar refractivity (Wildman–Crippen MR) is 124 cm³/mol. The Morgan fingerprint density at radius 3 is 2.13 bits per heavy atom. The SMILES string of the molecule is Cc1ccc(C)c(NC(=O)CN(Cc2ccccc2)S(=O)(=O)c2cc(C)ccc2C)c1. The number of rotatable bonds is 7. The topological polar surface area (TPSA) is 66.5 Å². The van der Waals surface area contributed by atoms with E-state index in [2.05, 4.69) is 5.32 Å². The molecule has 0 atom stereocenters. The van der Waals surface area contributed by atoms with Crippen LogP contribution in [0.4, 0.5) is 5.69 Å². The van der Waals surface area contributed by atoms with Crippen LogP contribution in [0.3, 0.4) is 0 Å². The van der Waals surface area contributed by atoms with Gasteiger partial charge in [-0.1, -0.05) is 54.6 Å². The highest BCUT2D eigenvalue weighted by atomic mass is 32.2. The minimum atomic E-state index is -3.89. The molecule has 3 aromatic rings. The maximum absolute atomic E-state index is 13.6. The summed E-state index contributed by atoms with van der Waals surface area (Å²) in [6, 6.07) is 20.4. The molecule has 0 aliphatic rings. The summed E-state index contributed by atoms with van der Waals surface area (Å²) >= 11 is 0. The molecule has 0 aliphatic carbocycles. The number of aryl methyl sites for hydroxylation is 4. The van der Waals surface area contributed by atoms with Crippen molar-refractivity contribution in [3.8, 4) is 0 Å². The Labute approximate surface area is 184 Å². The third-order valence-electron chi connectivity index (χ3n) is 5.15. The van der Waals surface area contributed by atoms with Crippen molar-refractivity contribution < 1.29 is 13.2 Å². The molecule has 0 aliphatic heterocycles. The second kappa shape index (κ2) is 9.45. The molecule has 0 saturated heterocycles. The van der Waals surface area contributed by atoms with E-state index in [-0.39, 0.29) is 23.9 Å². The van der Waals surface area contributed by atoms with Gasteiger partial charge in [0.25, 0.3) is 0 Å². The first-order valence-electron chi connectivity index (χ1n) is 10.2. The minimum Gasteiger partial charge on any atom is -0.325 e. The van der Waals surface area contributed by atoms with Crippen LogP contribution in [0.1, 0.15) is 27.8 Å². The maximum Gasteiger partial charge on any atom is 0.244 e. The van der Waals surface area contributed by atoms with Gasteiger partial charge < -0.3 is 5.32 Å². The standard InChI is InChI=1S/C25H28N2O3S/c1-18-10-12-20(3)23(14-18)26-25(28)17-27(16-22-8-6-5-7-9-22)31(29,30)24-15-19(2)11-13-21(24)4/h5-15H,16-17H2,1-4H3,(H,26,28). The molecule has 3 rings (SSSR count). The van der Waals surface area contributed by atoms with Gasteiger partial charge in [-0.2, -0.15) is 4.31 Å². The fourth-order valence-electron chi connectivity index (χ4n) is 3.36. The van der Waals surface area contributed by atoms with E-state index in [1.54, 1.807) is 19.1 Å². The van der Waals surface area contributed by atoms with Crippen LogP contribution >= 0.6 is 0 Å². The normalized spacial score (nSPS) is 11.5. The molecule has 0 bridgehead atoms. The molecular formula is C25H28N2O3S. The van der Waals surface area contributed by atoms with E-state index in [0.29, 0.717) is 11.3 Å². The molecule has 0 spiro atoms. The Morgan fingerprint density at radius 2 is 1.45 bits per heavy atom. The Hall–Kier alpha value is -2.96. The van der Waals surface area contributed by atoms with Crippen LogP contribution in [0.2, 0.25) is 0 Å². The van der Waals surface area contributed by atoms with Crippen LogP contribution in [0.15, 0.2) is 71.6 Å². The number of benzene rings is 3. The lowest BCUT2D eigenvalue weighted by atomic mass is 10.1. The van der Waals surface area contributed by atoms with Crippen molar-refractivity contribution >= 4 is 21.6 Å². The number of amides is 1. The summed E-state index contributed by atoms with van der Waals surface area (Å²) < 4.78 is 28.4. The number of carbonyl (C=O) groups excluding carboxylic acids is 1. The van der Waals surface area contributed by atoms with Gasteiger partial charge in [0.05, 0.1) is 11.4 Å². The fourth-order valence-corrected chi connectivity index (χ4v) is 5.05. The highest BCUT2D eigenvalue weighted by Gasteiger charge is 2.28. The highest BCUT2D eigenvalue weighted by Crippen LogP contribution is 2.23. The fraction of sp³-hybridized carbons (Fsp3) is 0.240. The van der Waals surface area contributed by atoms with Gasteiger partial charge >= 0.3 is 0 Å². The molecule has 0 aromatic heterocycles. The number of hydrogen-bond acceptors (Lipinski definition) is 3. The maximum atomic E-state index is 13.6. The summed E-state index contributed by atoms with van der Waals surface area (Å²) in [7, 11) is -3.89. The molecule has 0 heterocycles. The van der Waals surface area contributed by atoms with Crippen LogP contribution in [-0.2, 0) is 21.4 Å². The average molecular weight is 437 g/mol. The van der Waals surface area contributed by atoms with E-state index in [1.807, 2.05) is 75.4 Å². The first-order chi connectivity index (χ1) is 14.7. The molecule has 3 aromatic carbocycles. The number of hydrogen-bond donors (Lipinski definition) is 1. The van der Waals surface area contributed by atoms with E-state index >= 15 is 0 Å². The Bertz CT molecular complexity index is 1190. The summed E-state index contributed by atoms with van der Waals surface area (Å²) in [4.78, 5) is 13.1. The Balaban J connectivity index is 1.93. The number of anilines is 1. The third-order valence-corrected chi connectivity index (χ3v) is 7.08.